The van der Waals surface area contributed by atoms with Gasteiger partial charge in [-0.2, -0.15) is 13.2 Å². The zero-order valence-corrected chi connectivity index (χ0v) is 10.4. The van der Waals surface area contributed by atoms with E-state index in [9.17, 15) is 18.0 Å². The summed E-state index contributed by atoms with van der Waals surface area (Å²) in [4.78, 5) is 14.7. The number of aliphatic carboxylic acids is 1. The van der Waals surface area contributed by atoms with E-state index in [1.807, 2.05) is 6.92 Å². The number of carboxylic acids is 1. The number of alkyl halides is 3. The van der Waals surface area contributed by atoms with E-state index in [0.29, 0.717) is 12.8 Å². The molecule has 0 radical (unpaired) electrons. The summed E-state index contributed by atoms with van der Waals surface area (Å²) in [6.07, 6.45) is -1.65. The average molecular weight is 276 g/mol. The van der Waals surface area contributed by atoms with Gasteiger partial charge in [0.15, 0.2) is 0 Å². The molecule has 4 nitrogen and oxygen atoms in total. The Kier molecular flexibility index (Phi) is 5.14. The monoisotopic (exact) mass is 276 g/mol. The Morgan fingerprint density at radius 1 is 1.53 bits per heavy atom. The lowest BCUT2D eigenvalue weighted by Crippen LogP contribution is -2.29. The fourth-order valence-corrected chi connectivity index (χ4v) is 1.53. The molecule has 0 aliphatic carbocycles. The Balaban J connectivity index is 2.82. The number of hydrogen-bond acceptors (Lipinski definition) is 3. The van der Waals surface area contributed by atoms with Crippen LogP contribution < -0.4 is 5.32 Å². The molecule has 0 aliphatic rings. The van der Waals surface area contributed by atoms with Crippen molar-refractivity contribution in [3.05, 3.63) is 23.9 Å². The van der Waals surface area contributed by atoms with Crippen molar-refractivity contribution in [3.8, 4) is 0 Å². The largest absolute Gasteiger partial charge is 0.480 e. The Labute approximate surface area is 108 Å². The summed E-state index contributed by atoms with van der Waals surface area (Å²) in [7, 11) is 0. The molecular formula is C12H15F3N2O2. The molecule has 1 heterocycles. The molecular weight excluding hydrogens is 261 g/mol. The summed E-state index contributed by atoms with van der Waals surface area (Å²) in [6, 6.07) is 0.713. The quantitative estimate of drug-likeness (QED) is 0.837. The smallest absolute Gasteiger partial charge is 0.416 e. The first-order valence-electron chi connectivity index (χ1n) is 5.87. The molecule has 1 aromatic rings. The van der Waals surface area contributed by atoms with Gasteiger partial charge >= 0.3 is 12.1 Å². The topological polar surface area (TPSA) is 62.2 Å². The van der Waals surface area contributed by atoms with Gasteiger partial charge in [-0.15, -0.1) is 0 Å². The third kappa shape index (κ3) is 4.76. The first-order valence-corrected chi connectivity index (χ1v) is 5.87. The molecule has 0 amide bonds. The lowest BCUT2D eigenvalue weighted by atomic mass is 10.1. The van der Waals surface area contributed by atoms with E-state index < -0.39 is 23.8 Å². The van der Waals surface area contributed by atoms with Crippen LogP contribution in [0.4, 0.5) is 19.0 Å². The number of carbonyl (C=O) groups is 1. The molecule has 0 aliphatic heterocycles. The SMILES string of the molecule is CCCCC(Nc1cc(C(F)(F)F)ccn1)C(=O)O. The van der Waals surface area contributed by atoms with Crippen molar-refractivity contribution in [1.82, 2.24) is 4.98 Å². The van der Waals surface area contributed by atoms with Gasteiger partial charge in [0, 0.05) is 6.20 Å². The number of halogens is 3. The van der Waals surface area contributed by atoms with Crippen molar-refractivity contribution in [1.29, 1.82) is 0 Å². The molecule has 0 spiro atoms. The number of pyridine rings is 1. The summed E-state index contributed by atoms with van der Waals surface area (Å²) in [5.41, 5.74) is -0.857. The predicted octanol–water partition coefficient (Wildman–Crippen LogP) is 3.16. The van der Waals surface area contributed by atoms with Gasteiger partial charge in [-0.1, -0.05) is 19.8 Å². The van der Waals surface area contributed by atoms with Gasteiger partial charge in [-0.25, -0.2) is 9.78 Å². The summed E-state index contributed by atoms with van der Waals surface area (Å²) < 4.78 is 37.5. The molecule has 1 aromatic heterocycles. The second kappa shape index (κ2) is 6.40. The Bertz CT molecular complexity index is 435. The number of nitrogens with one attached hydrogen (secondary N) is 1. The minimum Gasteiger partial charge on any atom is -0.480 e. The van der Waals surface area contributed by atoms with E-state index in [1.165, 1.54) is 0 Å². The molecule has 106 valence electrons. The van der Waals surface area contributed by atoms with Crippen LogP contribution in [0.5, 0.6) is 0 Å². The lowest BCUT2D eigenvalue weighted by Gasteiger charge is -2.15. The molecule has 0 saturated carbocycles. The maximum atomic E-state index is 12.5. The fourth-order valence-electron chi connectivity index (χ4n) is 1.53. The molecule has 1 atom stereocenters. The van der Waals surface area contributed by atoms with Crippen molar-refractivity contribution in [3.63, 3.8) is 0 Å². The van der Waals surface area contributed by atoms with Crippen molar-refractivity contribution < 1.29 is 23.1 Å². The molecule has 1 rings (SSSR count). The molecule has 1 unspecified atom stereocenters. The number of anilines is 1. The maximum Gasteiger partial charge on any atom is 0.416 e. The van der Waals surface area contributed by atoms with Crippen LogP contribution >= 0.6 is 0 Å². The summed E-state index contributed by atoms with van der Waals surface area (Å²) in [5, 5.41) is 11.5. The van der Waals surface area contributed by atoms with E-state index in [0.717, 1.165) is 24.8 Å². The van der Waals surface area contributed by atoms with E-state index >= 15 is 0 Å². The lowest BCUT2D eigenvalue weighted by molar-refractivity contribution is -0.138. The van der Waals surface area contributed by atoms with Crippen LogP contribution in [0.1, 0.15) is 31.7 Å². The third-order valence-corrected chi connectivity index (χ3v) is 2.55. The van der Waals surface area contributed by atoms with Crippen LogP contribution in [-0.2, 0) is 11.0 Å². The van der Waals surface area contributed by atoms with Gasteiger partial charge in [0.25, 0.3) is 0 Å². The predicted molar refractivity (Wildman–Crippen MR) is 63.8 cm³/mol. The van der Waals surface area contributed by atoms with Crippen LogP contribution in [0.15, 0.2) is 18.3 Å². The second-order valence-corrected chi connectivity index (χ2v) is 4.10. The van der Waals surface area contributed by atoms with Gasteiger partial charge in [0.1, 0.15) is 11.9 Å². The maximum absolute atomic E-state index is 12.5. The van der Waals surface area contributed by atoms with Crippen LogP contribution in [0.2, 0.25) is 0 Å². The number of rotatable bonds is 6. The number of carboxylic acid groups (broad SMARTS) is 1. The molecule has 0 aromatic carbocycles. The number of aromatic nitrogens is 1. The van der Waals surface area contributed by atoms with Gasteiger partial charge in [-0.3, -0.25) is 0 Å². The van der Waals surface area contributed by atoms with Gasteiger partial charge in [-0.05, 0) is 18.6 Å². The summed E-state index contributed by atoms with van der Waals surface area (Å²) in [5.74, 6) is -1.19. The van der Waals surface area contributed by atoms with E-state index in [1.54, 1.807) is 0 Å². The molecule has 19 heavy (non-hydrogen) atoms. The molecule has 2 N–H and O–H groups in total. The first-order chi connectivity index (χ1) is 8.84. The third-order valence-electron chi connectivity index (χ3n) is 2.55. The van der Waals surface area contributed by atoms with Crippen LogP contribution in [-0.4, -0.2) is 22.1 Å². The van der Waals surface area contributed by atoms with Crippen LogP contribution in [0, 0.1) is 0 Å². The zero-order valence-electron chi connectivity index (χ0n) is 10.4. The number of hydrogen-bond donors (Lipinski definition) is 2. The highest BCUT2D eigenvalue weighted by Gasteiger charge is 2.31. The number of unbranched alkanes of at least 4 members (excludes halogenated alkanes) is 1. The number of nitrogens with zero attached hydrogens (tertiary/aromatic N) is 1. The van der Waals surface area contributed by atoms with E-state index in [2.05, 4.69) is 10.3 Å². The Hall–Kier alpha value is -1.79. The van der Waals surface area contributed by atoms with E-state index in [-0.39, 0.29) is 5.82 Å². The van der Waals surface area contributed by atoms with Crippen LogP contribution in [0.25, 0.3) is 0 Å². The Morgan fingerprint density at radius 2 is 2.21 bits per heavy atom. The normalized spacial score (nSPS) is 13.1. The molecule has 7 heteroatoms. The summed E-state index contributed by atoms with van der Waals surface area (Å²) in [6.45, 7) is 1.90. The zero-order chi connectivity index (χ0) is 14.5. The molecule has 0 fully saturated rings. The minimum atomic E-state index is -4.47. The van der Waals surface area contributed by atoms with Gasteiger partial charge in [0.05, 0.1) is 5.56 Å². The minimum absolute atomic E-state index is 0.0849. The van der Waals surface area contributed by atoms with Crippen molar-refractivity contribution in [2.75, 3.05) is 5.32 Å². The second-order valence-electron chi connectivity index (χ2n) is 4.10. The van der Waals surface area contributed by atoms with Crippen molar-refractivity contribution in [2.24, 2.45) is 0 Å². The van der Waals surface area contributed by atoms with Crippen molar-refractivity contribution in [2.45, 2.75) is 38.4 Å². The fraction of sp³-hybridized carbons (Fsp3) is 0.500. The highest BCUT2D eigenvalue weighted by Crippen LogP contribution is 2.30. The van der Waals surface area contributed by atoms with Gasteiger partial charge in [0.2, 0.25) is 0 Å². The highest BCUT2D eigenvalue weighted by molar-refractivity contribution is 5.76. The van der Waals surface area contributed by atoms with Gasteiger partial charge < -0.3 is 10.4 Å². The van der Waals surface area contributed by atoms with E-state index in [4.69, 9.17) is 5.11 Å². The highest BCUT2D eigenvalue weighted by atomic mass is 19.4. The molecule has 0 bridgehead atoms. The Morgan fingerprint density at radius 3 is 2.74 bits per heavy atom. The summed E-state index contributed by atoms with van der Waals surface area (Å²) >= 11 is 0. The van der Waals surface area contributed by atoms with Crippen molar-refractivity contribution >= 4 is 11.8 Å². The standard InChI is InChI=1S/C12H15F3N2O2/c1-2-3-4-9(11(18)19)17-10-7-8(5-6-16-10)12(13,14)15/h5-7,9H,2-4H2,1H3,(H,16,17)(H,18,19). The average Bonchev–Trinajstić information content (AvgIpc) is 2.33. The van der Waals surface area contributed by atoms with Crippen LogP contribution in [0.3, 0.4) is 0 Å². The first kappa shape index (κ1) is 15.3. The molecule has 0 saturated heterocycles.